The minimum Gasteiger partial charge on any atom is -0.492 e. The number of carbonyl (C=O) groups excluding carboxylic acids is 1. The number of aromatic nitrogens is 1. The molecule has 0 bridgehead atoms. The number of rotatable bonds is 6. The van der Waals surface area contributed by atoms with E-state index in [2.05, 4.69) is 9.88 Å². The molecule has 1 N–H and O–H groups in total. The SMILES string of the molecule is CNC(=O)/C(C#N)=C\c1cn(CCOc2ccc(C)cc2)c2ccccc12. The van der Waals surface area contributed by atoms with Gasteiger partial charge in [-0.2, -0.15) is 5.26 Å². The Morgan fingerprint density at radius 3 is 2.67 bits per heavy atom. The molecule has 0 saturated carbocycles. The molecule has 3 rings (SSSR count). The zero-order chi connectivity index (χ0) is 19.2. The Kier molecular flexibility index (Phi) is 5.58. The Hall–Kier alpha value is -3.52. The summed E-state index contributed by atoms with van der Waals surface area (Å²) in [7, 11) is 1.51. The summed E-state index contributed by atoms with van der Waals surface area (Å²) in [4.78, 5) is 11.8. The normalized spacial score (nSPS) is 11.2. The second-order valence-corrected chi connectivity index (χ2v) is 6.21. The van der Waals surface area contributed by atoms with Crippen LogP contribution in [0.5, 0.6) is 5.75 Å². The van der Waals surface area contributed by atoms with Crippen LogP contribution in [0.2, 0.25) is 0 Å². The number of benzene rings is 2. The van der Waals surface area contributed by atoms with Gasteiger partial charge in [-0.15, -0.1) is 0 Å². The van der Waals surface area contributed by atoms with Crippen molar-refractivity contribution in [1.82, 2.24) is 9.88 Å². The van der Waals surface area contributed by atoms with Crippen LogP contribution in [0, 0.1) is 18.3 Å². The molecule has 0 spiro atoms. The largest absolute Gasteiger partial charge is 0.492 e. The number of amides is 1. The fourth-order valence-electron chi connectivity index (χ4n) is 2.91. The second-order valence-electron chi connectivity index (χ2n) is 6.21. The van der Waals surface area contributed by atoms with Gasteiger partial charge in [0.2, 0.25) is 0 Å². The highest BCUT2D eigenvalue weighted by Crippen LogP contribution is 2.24. The van der Waals surface area contributed by atoms with Gasteiger partial charge in [-0.25, -0.2) is 0 Å². The van der Waals surface area contributed by atoms with E-state index >= 15 is 0 Å². The van der Waals surface area contributed by atoms with E-state index in [-0.39, 0.29) is 5.57 Å². The van der Waals surface area contributed by atoms with Gasteiger partial charge in [-0.3, -0.25) is 4.79 Å². The Labute approximate surface area is 158 Å². The summed E-state index contributed by atoms with van der Waals surface area (Å²) < 4.78 is 7.91. The first-order valence-corrected chi connectivity index (χ1v) is 8.73. The van der Waals surface area contributed by atoms with Crippen molar-refractivity contribution in [3.63, 3.8) is 0 Å². The van der Waals surface area contributed by atoms with E-state index in [4.69, 9.17) is 4.74 Å². The van der Waals surface area contributed by atoms with Crippen LogP contribution in [0.15, 0.2) is 60.3 Å². The third kappa shape index (κ3) is 4.18. The highest BCUT2D eigenvalue weighted by atomic mass is 16.5. The first-order valence-electron chi connectivity index (χ1n) is 8.73. The number of ether oxygens (including phenoxy) is 1. The number of fused-ring (bicyclic) bond motifs is 1. The van der Waals surface area contributed by atoms with Crippen molar-refractivity contribution in [2.24, 2.45) is 0 Å². The van der Waals surface area contributed by atoms with E-state index < -0.39 is 5.91 Å². The van der Waals surface area contributed by atoms with Crippen LogP contribution in [0.4, 0.5) is 0 Å². The molecule has 3 aromatic rings. The van der Waals surface area contributed by atoms with Gasteiger partial charge in [0.25, 0.3) is 5.91 Å². The minimum atomic E-state index is -0.392. The summed E-state index contributed by atoms with van der Waals surface area (Å²) in [5.74, 6) is 0.445. The Balaban J connectivity index is 1.84. The molecule has 1 heterocycles. The molecular formula is C22H21N3O2. The van der Waals surface area contributed by atoms with Gasteiger partial charge >= 0.3 is 0 Å². The average Bonchev–Trinajstić information content (AvgIpc) is 3.05. The summed E-state index contributed by atoms with van der Waals surface area (Å²) in [5, 5.41) is 12.7. The van der Waals surface area contributed by atoms with Crippen molar-refractivity contribution in [1.29, 1.82) is 5.26 Å². The summed E-state index contributed by atoms with van der Waals surface area (Å²) in [6, 6.07) is 17.8. The first-order chi connectivity index (χ1) is 13.1. The molecule has 136 valence electrons. The van der Waals surface area contributed by atoms with Crippen molar-refractivity contribution in [3.05, 3.63) is 71.4 Å². The highest BCUT2D eigenvalue weighted by molar-refractivity contribution is 6.03. The number of carbonyl (C=O) groups is 1. The zero-order valence-corrected chi connectivity index (χ0v) is 15.4. The van der Waals surface area contributed by atoms with E-state index in [1.165, 1.54) is 12.6 Å². The Morgan fingerprint density at radius 1 is 1.22 bits per heavy atom. The van der Waals surface area contributed by atoms with E-state index in [1.54, 1.807) is 6.08 Å². The highest BCUT2D eigenvalue weighted by Gasteiger charge is 2.11. The van der Waals surface area contributed by atoms with Crippen LogP contribution in [0.25, 0.3) is 17.0 Å². The number of aryl methyl sites for hydroxylation is 1. The predicted octanol–water partition coefficient (Wildman–Crippen LogP) is 3.68. The third-order valence-electron chi connectivity index (χ3n) is 4.33. The lowest BCUT2D eigenvalue weighted by atomic mass is 10.1. The maximum atomic E-state index is 11.8. The third-order valence-corrected chi connectivity index (χ3v) is 4.33. The molecular weight excluding hydrogens is 338 g/mol. The summed E-state index contributed by atoms with van der Waals surface area (Å²) in [6.45, 7) is 3.22. The van der Waals surface area contributed by atoms with Gasteiger partial charge in [0.05, 0.1) is 6.54 Å². The van der Waals surface area contributed by atoms with E-state index in [0.717, 1.165) is 22.2 Å². The zero-order valence-electron chi connectivity index (χ0n) is 15.4. The maximum absolute atomic E-state index is 11.8. The fourth-order valence-corrected chi connectivity index (χ4v) is 2.91. The number of likely N-dealkylation sites (N-methyl/N-ethyl adjacent to an activating group) is 1. The van der Waals surface area contributed by atoms with E-state index in [0.29, 0.717) is 13.2 Å². The molecule has 1 amide bonds. The summed E-state index contributed by atoms with van der Waals surface area (Å²) >= 11 is 0. The van der Waals surface area contributed by atoms with Crippen molar-refractivity contribution in [2.75, 3.05) is 13.7 Å². The number of nitriles is 1. The van der Waals surface area contributed by atoms with Gasteiger partial charge in [0, 0.05) is 29.7 Å². The Morgan fingerprint density at radius 2 is 1.96 bits per heavy atom. The molecule has 0 radical (unpaired) electrons. The lowest BCUT2D eigenvalue weighted by Crippen LogP contribution is -2.19. The van der Waals surface area contributed by atoms with Gasteiger partial charge in [0.1, 0.15) is 24.0 Å². The minimum absolute atomic E-state index is 0.0799. The molecule has 1 aromatic heterocycles. The lowest BCUT2D eigenvalue weighted by Gasteiger charge is -2.08. The monoisotopic (exact) mass is 359 g/mol. The fraction of sp³-hybridized carbons (Fsp3) is 0.182. The molecule has 27 heavy (non-hydrogen) atoms. The molecule has 0 atom stereocenters. The molecule has 0 unspecified atom stereocenters. The molecule has 0 aliphatic carbocycles. The van der Waals surface area contributed by atoms with Crippen molar-refractivity contribution in [3.8, 4) is 11.8 Å². The first kappa shape index (κ1) is 18.3. The van der Waals surface area contributed by atoms with Crippen molar-refractivity contribution < 1.29 is 9.53 Å². The lowest BCUT2D eigenvalue weighted by molar-refractivity contribution is -0.116. The van der Waals surface area contributed by atoms with Crippen LogP contribution in [0.1, 0.15) is 11.1 Å². The van der Waals surface area contributed by atoms with E-state index in [9.17, 15) is 10.1 Å². The molecule has 0 aliphatic rings. The van der Waals surface area contributed by atoms with Crippen molar-refractivity contribution >= 4 is 22.9 Å². The smallest absolute Gasteiger partial charge is 0.261 e. The molecule has 5 heteroatoms. The Bertz CT molecular complexity index is 1020. The second kappa shape index (κ2) is 8.24. The number of nitrogens with one attached hydrogen (secondary N) is 1. The van der Waals surface area contributed by atoms with Gasteiger partial charge in [-0.1, -0.05) is 35.9 Å². The van der Waals surface area contributed by atoms with Crippen LogP contribution < -0.4 is 10.1 Å². The van der Waals surface area contributed by atoms with Gasteiger partial charge < -0.3 is 14.6 Å². The number of para-hydroxylation sites is 1. The van der Waals surface area contributed by atoms with Crippen molar-refractivity contribution in [2.45, 2.75) is 13.5 Å². The van der Waals surface area contributed by atoms with Crippen LogP contribution in [-0.2, 0) is 11.3 Å². The number of hydrogen-bond acceptors (Lipinski definition) is 3. The molecule has 0 aliphatic heterocycles. The molecule has 0 fully saturated rings. The van der Waals surface area contributed by atoms with Crippen LogP contribution in [-0.4, -0.2) is 24.1 Å². The summed E-state index contributed by atoms with van der Waals surface area (Å²) in [6.07, 6.45) is 3.57. The quantitative estimate of drug-likeness (QED) is 0.539. The van der Waals surface area contributed by atoms with E-state index in [1.807, 2.05) is 67.7 Å². The maximum Gasteiger partial charge on any atom is 0.261 e. The number of nitrogens with zero attached hydrogens (tertiary/aromatic N) is 2. The molecule has 2 aromatic carbocycles. The standard InChI is InChI=1S/C22H21N3O2/c1-16-7-9-19(10-8-16)27-12-11-25-15-18(13-17(14-23)22(26)24-2)20-5-3-4-6-21(20)25/h3-10,13,15H,11-12H2,1-2H3,(H,24,26)/b17-13-. The predicted molar refractivity (Wildman–Crippen MR) is 106 cm³/mol. The average molecular weight is 359 g/mol. The number of hydrogen-bond donors (Lipinski definition) is 1. The summed E-state index contributed by atoms with van der Waals surface area (Å²) in [5.41, 5.74) is 3.14. The van der Waals surface area contributed by atoms with Crippen LogP contribution in [0.3, 0.4) is 0 Å². The van der Waals surface area contributed by atoms with Gasteiger partial charge in [-0.05, 0) is 31.2 Å². The van der Waals surface area contributed by atoms with Gasteiger partial charge in [0.15, 0.2) is 0 Å². The molecule has 5 nitrogen and oxygen atoms in total. The van der Waals surface area contributed by atoms with Crippen LogP contribution >= 0.6 is 0 Å². The molecule has 0 saturated heterocycles. The topological polar surface area (TPSA) is 67.0 Å².